The van der Waals surface area contributed by atoms with Crippen LogP contribution in [0.5, 0.6) is 5.75 Å². The Kier molecular flexibility index (Phi) is 2.80. The van der Waals surface area contributed by atoms with Crippen LogP contribution in [0.25, 0.3) is 0 Å². The highest BCUT2D eigenvalue weighted by Crippen LogP contribution is 2.30. The monoisotopic (exact) mass is 208 g/mol. The van der Waals surface area contributed by atoms with Crippen LogP contribution < -0.4 is 10.5 Å². The number of aromatic nitrogens is 1. The highest BCUT2D eigenvalue weighted by atomic mass is 19.4. The zero-order valence-corrected chi connectivity index (χ0v) is 6.88. The van der Waals surface area contributed by atoms with E-state index in [1.54, 1.807) is 0 Å². The van der Waals surface area contributed by atoms with Gasteiger partial charge in [0.2, 0.25) is 0 Å². The van der Waals surface area contributed by atoms with Gasteiger partial charge >= 0.3 is 6.36 Å². The molecule has 3 N–H and O–H groups in total. The van der Waals surface area contributed by atoms with E-state index in [1.807, 2.05) is 0 Å². The van der Waals surface area contributed by atoms with Gasteiger partial charge in [-0.1, -0.05) is 0 Å². The molecule has 0 aliphatic carbocycles. The van der Waals surface area contributed by atoms with Crippen molar-refractivity contribution in [3.63, 3.8) is 0 Å². The zero-order chi connectivity index (χ0) is 10.8. The lowest BCUT2D eigenvalue weighted by Gasteiger charge is -2.12. The van der Waals surface area contributed by atoms with Crippen molar-refractivity contribution >= 4 is 5.69 Å². The molecule has 78 valence electrons. The molecule has 0 bridgehead atoms. The predicted molar refractivity (Wildman–Crippen MR) is 41.3 cm³/mol. The molecule has 0 aliphatic rings. The van der Waals surface area contributed by atoms with Gasteiger partial charge in [0.1, 0.15) is 5.69 Å². The second-order valence-corrected chi connectivity index (χ2v) is 2.38. The summed E-state index contributed by atoms with van der Waals surface area (Å²) in [6.07, 6.45) is -3.66. The van der Waals surface area contributed by atoms with Crippen molar-refractivity contribution in [3.8, 4) is 5.75 Å². The normalized spacial score (nSPS) is 11.4. The molecular formula is C7H7F3N2O2. The number of nitrogens with zero attached hydrogens (tertiary/aromatic N) is 1. The van der Waals surface area contributed by atoms with Crippen molar-refractivity contribution < 1.29 is 23.0 Å². The molecule has 0 spiro atoms. The summed E-state index contributed by atoms with van der Waals surface area (Å²) < 4.78 is 39.2. The minimum Gasteiger partial charge on any atom is -0.402 e. The van der Waals surface area contributed by atoms with Crippen molar-refractivity contribution in [1.82, 2.24) is 4.98 Å². The molecule has 0 atom stereocenters. The van der Waals surface area contributed by atoms with Crippen molar-refractivity contribution in [3.05, 3.63) is 18.0 Å². The van der Waals surface area contributed by atoms with Crippen LogP contribution in [0.2, 0.25) is 0 Å². The van der Waals surface area contributed by atoms with Crippen LogP contribution >= 0.6 is 0 Å². The molecule has 1 heterocycles. The Labute approximate surface area is 77.1 Å². The van der Waals surface area contributed by atoms with E-state index in [0.717, 1.165) is 6.07 Å². The van der Waals surface area contributed by atoms with E-state index in [-0.39, 0.29) is 11.4 Å². The predicted octanol–water partition coefficient (Wildman–Crippen LogP) is 1.05. The average molecular weight is 208 g/mol. The Morgan fingerprint density at radius 3 is 2.64 bits per heavy atom. The Morgan fingerprint density at radius 2 is 2.14 bits per heavy atom. The molecule has 0 aromatic carbocycles. The Morgan fingerprint density at radius 1 is 1.50 bits per heavy atom. The van der Waals surface area contributed by atoms with Gasteiger partial charge in [-0.15, -0.1) is 13.2 Å². The molecular weight excluding hydrogens is 201 g/mol. The number of ether oxygens (including phenoxy) is 1. The summed E-state index contributed by atoms with van der Waals surface area (Å²) in [5.74, 6) is -0.650. The van der Waals surface area contributed by atoms with Crippen molar-refractivity contribution in [2.75, 3.05) is 5.73 Å². The lowest BCUT2D eigenvalue weighted by atomic mass is 10.3. The van der Waals surface area contributed by atoms with Crippen LogP contribution in [-0.4, -0.2) is 16.5 Å². The number of anilines is 1. The standard InChI is InChI=1S/C7H7F3N2O2/c8-7(9,10)14-6-4(11)1-2-12-5(6)3-13/h1-2,13H,3H2,(H2,11,12). The Hall–Kier alpha value is -1.50. The molecule has 4 nitrogen and oxygen atoms in total. The summed E-state index contributed by atoms with van der Waals surface area (Å²) in [7, 11) is 0. The van der Waals surface area contributed by atoms with E-state index in [1.165, 1.54) is 6.20 Å². The van der Waals surface area contributed by atoms with Gasteiger partial charge in [-0.2, -0.15) is 0 Å². The van der Waals surface area contributed by atoms with E-state index in [0.29, 0.717) is 0 Å². The first kappa shape index (κ1) is 10.6. The average Bonchev–Trinajstić information content (AvgIpc) is 2.06. The van der Waals surface area contributed by atoms with Crippen molar-refractivity contribution in [1.29, 1.82) is 0 Å². The minimum atomic E-state index is -4.85. The second kappa shape index (κ2) is 3.70. The van der Waals surface area contributed by atoms with Crippen LogP contribution in [0.4, 0.5) is 18.9 Å². The van der Waals surface area contributed by atoms with E-state index in [2.05, 4.69) is 9.72 Å². The quantitative estimate of drug-likeness (QED) is 0.762. The highest BCUT2D eigenvalue weighted by Gasteiger charge is 2.33. The molecule has 1 aromatic rings. The summed E-state index contributed by atoms with van der Waals surface area (Å²) in [4.78, 5) is 3.49. The number of hydrogen-bond donors (Lipinski definition) is 2. The van der Waals surface area contributed by atoms with Crippen molar-refractivity contribution in [2.45, 2.75) is 13.0 Å². The highest BCUT2D eigenvalue weighted by molar-refractivity contribution is 5.53. The third-order valence-electron chi connectivity index (χ3n) is 1.38. The van der Waals surface area contributed by atoms with E-state index in [4.69, 9.17) is 10.8 Å². The molecule has 0 saturated heterocycles. The third-order valence-corrected chi connectivity index (χ3v) is 1.38. The van der Waals surface area contributed by atoms with Gasteiger partial charge in [0.05, 0.1) is 12.3 Å². The second-order valence-electron chi connectivity index (χ2n) is 2.38. The summed E-state index contributed by atoms with van der Waals surface area (Å²) in [5.41, 5.74) is 4.76. The molecule has 0 fully saturated rings. The SMILES string of the molecule is Nc1ccnc(CO)c1OC(F)(F)F. The number of aliphatic hydroxyl groups excluding tert-OH is 1. The molecule has 14 heavy (non-hydrogen) atoms. The number of aliphatic hydroxyl groups is 1. The minimum absolute atomic E-state index is 0.221. The molecule has 7 heteroatoms. The van der Waals surface area contributed by atoms with Crippen LogP contribution in [0.15, 0.2) is 12.3 Å². The fourth-order valence-electron chi connectivity index (χ4n) is 0.855. The number of hydrogen-bond acceptors (Lipinski definition) is 4. The Bertz CT molecular complexity index is 327. The first-order valence-corrected chi connectivity index (χ1v) is 3.54. The first-order chi connectivity index (χ1) is 6.44. The molecule has 0 aliphatic heterocycles. The number of alkyl halides is 3. The maximum absolute atomic E-state index is 11.9. The summed E-state index contributed by atoms with van der Waals surface area (Å²) in [5, 5.41) is 8.67. The van der Waals surface area contributed by atoms with Gasteiger partial charge in [-0.25, -0.2) is 0 Å². The molecule has 1 rings (SSSR count). The number of nitrogens with two attached hydrogens (primary N) is 1. The summed E-state index contributed by atoms with van der Waals surface area (Å²) in [6, 6.07) is 1.15. The fraction of sp³-hybridized carbons (Fsp3) is 0.286. The number of pyridine rings is 1. The van der Waals surface area contributed by atoms with Gasteiger partial charge in [0.25, 0.3) is 0 Å². The molecule has 0 unspecified atom stereocenters. The van der Waals surface area contributed by atoms with E-state index in [9.17, 15) is 13.2 Å². The maximum Gasteiger partial charge on any atom is 0.573 e. The first-order valence-electron chi connectivity index (χ1n) is 3.54. The number of rotatable bonds is 2. The number of nitrogen functional groups attached to an aromatic ring is 1. The van der Waals surface area contributed by atoms with Crippen LogP contribution in [0, 0.1) is 0 Å². The van der Waals surface area contributed by atoms with Crippen LogP contribution in [0.3, 0.4) is 0 Å². The largest absolute Gasteiger partial charge is 0.573 e. The third kappa shape index (κ3) is 2.49. The molecule has 0 radical (unpaired) electrons. The van der Waals surface area contributed by atoms with Gasteiger partial charge in [-0.3, -0.25) is 4.98 Å². The van der Waals surface area contributed by atoms with E-state index >= 15 is 0 Å². The van der Waals surface area contributed by atoms with Gasteiger partial charge in [0.15, 0.2) is 5.75 Å². The zero-order valence-electron chi connectivity index (χ0n) is 6.88. The van der Waals surface area contributed by atoms with Crippen LogP contribution in [0.1, 0.15) is 5.69 Å². The van der Waals surface area contributed by atoms with Gasteiger partial charge in [0, 0.05) is 6.20 Å². The van der Waals surface area contributed by atoms with E-state index < -0.39 is 18.7 Å². The van der Waals surface area contributed by atoms with Crippen LogP contribution in [-0.2, 0) is 6.61 Å². The molecule has 0 amide bonds. The molecule has 1 aromatic heterocycles. The number of halogens is 3. The van der Waals surface area contributed by atoms with Gasteiger partial charge < -0.3 is 15.6 Å². The molecule has 0 saturated carbocycles. The lowest BCUT2D eigenvalue weighted by Crippen LogP contribution is -2.19. The fourth-order valence-corrected chi connectivity index (χ4v) is 0.855. The summed E-state index contributed by atoms with van der Waals surface area (Å²) >= 11 is 0. The maximum atomic E-state index is 11.9. The van der Waals surface area contributed by atoms with Gasteiger partial charge in [-0.05, 0) is 6.07 Å². The van der Waals surface area contributed by atoms with Crippen molar-refractivity contribution in [2.24, 2.45) is 0 Å². The summed E-state index contributed by atoms with van der Waals surface area (Å²) in [6.45, 7) is -0.670. The smallest absolute Gasteiger partial charge is 0.402 e. The topological polar surface area (TPSA) is 68.4 Å². The lowest BCUT2D eigenvalue weighted by molar-refractivity contribution is -0.274. The Balaban J connectivity index is 3.05.